The van der Waals surface area contributed by atoms with Gasteiger partial charge in [0.05, 0.1) is 5.56 Å². The molecule has 3 aliphatic rings. The average molecular weight is 317 g/mol. The molecule has 0 spiro atoms. The van der Waals surface area contributed by atoms with Crippen molar-refractivity contribution < 1.29 is 18.8 Å². The Morgan fingerprint density at radius 2 is 2.00 bits per heavy atom. The number of amides is 3. The van der Waals surface area contributed by atoms with E-state index in [4.69, 9.17) is 0 Å². The fraction of sp³-hybridized carbons (Fsp3) is 0.438. The second kappa shape index (κ2) is 5.13. The molecule has 1 aromatic carbocycles. The van der Waals surface area contributed by atoms with Gasteiger partial charge in [-0.25, -0.2) is 4.39 Å². The number of fused-ring (bicyclic) bond motifs is 3. The first-order valence-corrected chi connectivity index (χ1v) is 7.74. The fourth-order valence-electron chi connectivity index (χ4n) is 3.70. The van der Waals surface area contributed by atoms with Crippen LogP contribution in [0, 0.1) is 5.82 Å². The Balaban J connectivity index is 1.72. The highest BCUT2D eigenvalue weighted by Crippen LogP contribution is 2.34. The smallest absolute Gasteiger partial charge is 0.258 e. The first-order valence-electron chi connectivity index (χ1n) is 7.74. The molecule has 3 amide bonds. The fourth-order valence-corrected chi connectivity index (χ4v) is 3.70. The number of carbonyl (C=O) groups is 3. The summed E-state index contributed by atoms with van der Waals surface area (Å²) in [5.74, 6) is -1.78. The lowest BCUT2D eigenvalue weighted by atomic mass is 9.93. The standard InChI is InChI=1S/C16H16FN3O3/c17-11-5-8-3-4-18-6-9(8)10-7-20(16(23)14(10)11)12-1-2-13(21)19-15(12)22/h5,12,18H,1-4,6-7H2,(H,19,21,22). The Morgan fingerprint density at radius 3 is 2.78 bits per heavy atom. The van der Waals surface area contributed by atoms with Crippen LogP contribution in [0.4, 0.5) is 4.39 Å². The number of imide groups is 1. The summed E-state index contributed by atoms with van der Waals surface area (Å²) in [6.45, 7) is 1.62. The van der Waals surface area contributed by atoms with Crippen molar-refractivity contribution in [3.05, 3.63) is 34.1 Å². The molecule has 1 fully saturated rings. The SMILES string of the molecule is O=C1CCC(N2Cc3c4c(cc(F)c3C2=O)CCNC4)C(=O)N1. The van der Waals surface area contributed by atoms with Crippen molar-refractivity contribution in [2.24, 2.45) is 0 Å². The van der Waals surface area contributed by atoms with Crippen LogP contribution in [0.3, 0.4) is 0 Å². The van der Waals surface area contributed by atoms with Gasteiger partial charge in [-0.15, -0.1) is 0 Å². The molecule has 4 rings (SSSR count). The number of hydrogen-bond donors (Lipinski definition) is 2. The number of piperidine rings is 1. The molecule has 0 saturated carbocycles. The van der Waals surface area contributed by atoms with Crippen LogP contribution in [0.1, 0.15) is 39.9 Å². The minimum Gasteiger partial charge on any atom is -0.322 e. The summed E-state index contributed by atoms with van der Waals surface area (Å²) in [7, 11) is 0. The zero-order valence-corrected chi connectivity index (χ0v) is 12.4. The van der Waals surface area contributed by atoms with Gasteiger partial charge in [-0.2, -0.15) is 0 Å². The number of hydrogen-bond acceptors (Lipinski definition) is 4. The Hall–Kier alpha value is -2.28. The second-order valence-corrected chi connectivity index (χ2v) is 6.18. The average Bonchev–Trinajstić information content (AvgIpc) is 2.86. The van der Waals surface area contributed by atoms with Crippen LogP contribution < -0.4 is 10.6 Å². The molecule has 120 valence electrons. The Labute approximate surface area is 132 Å². The van der Waals surface area contributed by atoms with Gasteiger partial charge in [0.25, 0.3) is 5.91 Å². The number of nitrogens with zero attached hydrogens (tertiary/aromatic N) is 1. The lowest BCUT2D eigenvalue weighted by Crippen LogP contribution is -2.52. The molecule has 0 radical (unpaired) electrons. The van der Waals surface area contributed by atoms with Crippen LogP contribution in [0.5, 0.6) is 0 Å². The van der Waals surface area contributed by atoms with Crippen molar-refractivity contribution in [2.45, 2.75) is 38.4 Å². The lowest BCUT2D eigenvalue weighted by Gasteiger charge is -2.29. The number of benzene rings is 1. The summed E-state index contributed by atoms with van der Waals surface area (Å²) in [6, 6.07) is 0.736. The highest BCUT2D eigenvalue weighted by Gasteiger charge is 2.41. The quantitative estimate of drug-likeness (QED) is 0.727. The summed E-state index contributed by atoms with van der Waals surface area (Å²) < 4.78 is 14.4. The Bertz CT molecular complexity index is 747. The molecule has 0 aromatic heterocycles. The summed E-state index contributed by atoms with van der Waals surface area (Å²) in [5, 5.41) is 5.49. The molecular weight excluding hydrogens is 301 g/mol. The van der Waals surface area contributed by atoms with Gasteiger partial charge in [0.1, 0.15) is 11.9 Å². The number of carbonyl (C=O) groups excluding carboxylic acids is 3. The van der Waals surface area contributed by atoms with Crippen LogP contribution in [0.25, 0.3) is 0 Å². The zero-order valence-electron chi connectivity index (χ0n) is 12.4. The van der Waals surface area contributed by atoms with E-state index in [1.807, 2.05) is 0 Å². The van der Waals surface area contributed by atoms with Gasteiger partial charge >= 0.3 is 0 Å². The van der Waals surface area contributed by atoms with Crippen molar-refractivity contribution in [3.63, 3.8) is 0 Å². The van der Waals surface area contributed by atoms with Crippen LogP contribution >= 0.6 is 0 Å². The molecular formula is C16H16FN3O3. The maximum atomic E-state index is 14.4. The molecule has 7 heteroatoms. The molecule has 3 heterocycles. The van der Waals surface area contributed by atoms with Gasteiger partial charge in [0.2, 0.25) is 11.8 Å². The van der Waals surface area contributed by atoms with Gasteiger partial charge in [-0.05, 0) is 42.1 Å². The van der Waals surface area contributed by atoms with Crippen LogP contribution in [0.15, 0.2) is 6.07 Å². The first-order chi connectivity index (χ1) is 11.1. The molecule has 1 saturated heterocycles. The van der Waals surface area contributed by atoms with E-state index >= 15 is 0 Å². The highest BCUT2D eigenvalue weighted by atomic mass is 19.1. The van der Waals surface area contributed by atoms with Gasteiger partial charge < -0.3 is 10.2 Å². The third-order valence-corrected chi connectivity index (χ3v) is 4.86. The van der Waals surface area contributed by atoms with E-state index in [1.54, 1.807) is 0 Å². The summed E-state index contributed by atoms with van der Waals surface area (Å²) in [4.78, 5) is 37.3. The van der Waals surface area contributed by atoms with E-state index < -0.39 is 23.7 Å². The predicted molar refractivity (Wildman–Crippen MR) is 77.9 cm³/mol. The zero-order chi connectivity index (χ0) is 16.1. The van der Waals surface area contributed by atoms with Crippen LogP contribution in [-0.4, -0.2) is 35.2 Å². The van der Waals surface area contributed by atoms with Crippen molar-refractivity contribution >= 4 is 17.7 Å². The van der Waals surface area contributed by atoms with Crippen molar-refractivity contribution in [1.29, 1.82) is 0 Å². The molecule has 0 aliphatic carbocycles. The van der Waals surface area contributed by atoms with Gasteiger partial charge in [-0.3, -0.25) is 19.7 Å². The van der Waals surface area contributed by atoms with E-state index in [0.29, 0.717) is 12.1 Å². The maximum absolute atomic E-state index is 14.4. The topological polar surface area (TPSA) is 78.5 Å². The van der Waals surface area contributed by atoms with E-state index in [9.17, 15) is 18.8 Å². The third kappa shape index (κ3) is 2.15. The number of halogens is 1. The van der Waals surface area contributed by atoms with E-state index in [1.165, 1.54) is 11.0 Å². The Morgan fingerprint density at radius 1 is 1.17 bits per heavy atom. The summed E-state index contributed by atoms with van der Waals surface area (Å²) >= 11 is 0. The van der Waals surface area contributed by atoms with Gasteiger partial charge in [0.15, 0.2) is 0 Å². The molecule has 1 unspecified atom stereocenters. The van der Waals surface area contributed by atoms with Crippen molar-refractivity contribution in [3.8, 4) is 0 Å². The van der Waals surface area contributed by atoms with Crippen molar-refractivity contribution in [2.75, 3.05) is 6.54 Å². The number of rotatable bonds is 1. The minimum atomic E-state index is -0.709. The molecule has 0 bridgehead atoms. The van der Waals surface area contributed by atoms with Gasteiger partial charge in [-0.1, -0.05) is 0 Å². The summed E-state index contributed by atoms with van der Waals surface area (Å²) in [6.07, 6.45) is 1.21. The van der Waals surface area contributed by atoms with Crippen molar-refractivity contribution in [1.82, 2.24) is 15.5 Å². The minimum absolute atomic E-state index is 0.0807. The number of nitrogens with one attached hydrogen (secondary N) is 2. The van der Waals surface area contributed by atoms with E-state index in [-0.39, 0.29) is 30.9 Å². The monoisotopic (exact) mass is 317 g/mol. The molecule has 1 atom stereocenters. The molecule has 6 nitrogen and oxygen atoms in total. The lowest BCUT2D eigenvalue weighted by molar-refractivity contribution is -0.136. The van der Waals surface area contributed by atoms with Crippen LogP contribution in [-0.2, 0) is 29.1 Å². The largest absolute Gasteiger partial charge is 0.322 e. The normalized spacial score (nSPS) is 23.6. The Kier molecular flexibility index (Phi) is 3.19. The first kappa shape index (κ1) is 14.3. The second-order valence-electron chi connectivity index (χ2n) is 6.18. The van der Waals surface area contributed by atoms with E-state index in [0.717, 1.165) is 24.1 Å². The predicted octanol–water partition coefficient (Wildman–Crippen LogP) is 0.232. The molecule has 23 heavy (non-hydrogen) atoms. The molecule has 1 aromatic rings. The highest BCUT2D eigenvalue weighted by molar-refractivity contribution is 6.05. The summed E-state index contributed by atoms with van der Waals surface area (Å²) in [5.41, 5.74) is 2.66. The van der Waals surface area contributed by atoms with E-state index in [2.05, 4.69) is 10.6 Å². The van der Waals surface area contributed by atoms with Gasteiger partial charge in [0, 0.05) is 19.5 Å². The maximum Gasteiger partial charge on any atom is 0.258 e. The van der Waals surface area contributed by atoms with Crippen LogP contribution in [0.2, 0.25) is 0 Å². The third-order valence-electron chi connectivity index (χ3n) is 4.86. The molecule has 3 aliphatic heterocycles. The molecule has 2 N–H and O–H groups in total.